The molecule has 0 atom stereocenters. The van der Waals surface area contributed by atoms with Crippen LogP contribution in [0.15, 0.2) is 64.1 Å². The van der Waals surface area contributed by atoms with Crippen molar-refractivity contribution in [3.05, 3.63) is 81.7 Å². The Kier molecular flexibility index (Phi) is 6.57. The number of ether oxygens (including phenoxy) is 2. The molecule has 0 saturated heterocycles. The molecule has 0 saturated carbocycles. The number of rotatable bonds is 7. The van der Waals surface area contributed by atoms with Crippen molar-refractivity contribution in [1.29, 1.82) is 0 Å². The van der Waals surface area contributed by atoms with E-state index in [1.807, 2.05) is 12.1 Å². The number of furan rings is 1. The van der Waals surface area contributed by atoms with E-state index in [2.05, 4.69) is 10.5 Å². The fourth-order valence-corrected chi connectivity index (χ4v) is 2.56. The number of nitrogens with zero attached hydrogens (tertiary/aromatic N) is 1. The Labute approximate surface area is 171 Å². The molecule has 0 aliphatic heterocycles. The van der Waals surface area contributed by atoms with Gasteiger partial charge in [-0.3, -0.25) is 4.79 Å². The van der Waals surface area contributed by atoms with Crippen molar-refractivity contribution < 1.29 is 18.7 Å². The third-order valence-electron chi connectivity index (χ3n) is 3.64. The molecule has 0 bridgehead atoms. The Bertz CT molecular complexity index is 984. The summed E-state index contributed by atoms with van der Waals surface area (Å²) in [5, 5.41) is 4.85. The van der Waals surface area contributed by atoms with Gasteiger partial charge in [0.2, 0.25) is 0 Å². The average Bonchev–Trinajstić information content (AvgIpc) is 3.18. The minimum absolute atomic E-state index is 0.0997. The number of amides is 1. The Balaban J connectivity index is 1.54. The zero-order valence-corrected chi connectivity index (χ0v) is 16.3. The number of halogens is 2. The topological polar surface area (TPSA) is 73.1 Å². The lowest BCUT2D eigenvalue weighted by Crippen LogP contribution is -2.16. The summed E-state index contributed by atoms with van der Waals surface area (Å²) in [6.45, 7) is 0.0997. The van der Waals surface area contributed by atoms with Crippen LogP contribution >= 0.6 is 23.2 Å². The van der Waals surface area contributed by atoms with Gasteiger partial charge in [0, 0.05) is 11.1 Å². The molecule has 1 aromatic heterocycles. The van der Waals surface area contributed by atoms with Gasteiger partial charge in [-0.15, -0.1) is 0 Å². The number of carbonyl (C=O) groups excluding carboxylic acids is 1. The molecule has 0 radical (unpaired) electrons. The van der Waals surface area contributed by atoms with Gasteiger partial charge in [0.1, 0.15) is 23.9 Å². The molecule has 0 spiro atoms. The van der Waals surface area contributed by atoms with E-state index < -0.39 is 5.91 Å². The normalized spacial score (nSPS) is 10.8. The van der Waals surface area contributed by atoms with Crippen LogP contribution in [-0.4, -0.2) is 19.2 Å². The van der Waals surface area contributed by atoms with Gasteiger partial charge in [0.05, 0.1) is 18.3 Å². The van der Waals surface area contributed by atoms with Crippen molar-refractivity contribution in [3.63, 3.8) is 0 Å². The number of benzene rings is 2. The van der Waals surface area contributed by atoms with E-state index in [-0.39, 0.29) is 12.4 Å². The molecule has 1 heterocycles. The summed E-state index contributed by atoms with van der Waals surface area (Å²) in [7, 11) is 1.59. The summed E-state index contributed by atoms with van der Waals surface area (Å²) in [5.41, 5.74) is 3.22. The number of hydrogen-bond donors (Lipinski definition) is 1. The molecule has 0 aliphatic rings. The van der Waals surface area contributed by atoms with E-state index in [4.69, 9.17) is 37.1 Å². The monoisotopic (exact) mass is 418 g/mol. The summed E-state index contributed by atoms with van der Waals surface area (Å²) in [5.74, 6) is 1.27. The third kappa shape index (κ3) is 5.28. The quantitative estimate of drug-likeness (QED) is 0.435. The van der Waals surface area contributed by atoms with E-state index in [9.17, 15) is 4.79 Å². The first-order chi connectivity index (χ1) is 13.5. The highest BCUT2D eigenvalue weighted by Gasteiger charge is 2.11. The highest BCUT2D eigenvalue weighted by Crippen LogP contribution is 2.28. The second kappa shape index (κ2) is 9.30. The maximum atomic E-state index is 12.1. The molecule has 3 aromatic rings. The third-order valence-corrected chi connectivity index (χ3v) is 4.19. The standard InChI is InChI=1S/C20H16Cl2N2O4/c1-26-15-5-2-13(3-6-15)11-23-24-20(25)18-9-7-16(28-18)12-27-19-10-14(21)4-8-17(19)22/h2-11H,12H2,1H3,(H,24,25)/b23-11+. The number of hydrazone groups is 1. The molecule has 6 nitrogen and oxygen atoms in total. The maximum Gasteiger partial charge on any atom is 0.307 e. The molecule has 1 N–H and O–H groups in total. The zero-order valence-electron chi connectivity index (χ0n) is 14.8. The van der Waals surface area contributed by atoms with Gasteiger partial charge in [-0.2, -0.15) is 5.10 Å². The van der Waals surface area contributed by atoms with Crippen LogP contribution in [0.4, 0.5) is 0 Å². The number of hydrogen-bond acceptors (Lipinski definition) is 5. The van der Waals surface area contributed by atoms with Gasteiger partial charge in [-0.25, -0.2) is 5.43 Å². The van der Waals surface area contributed by atoms with Gasteiger partial charge < -0.3 is 13.9 Å². The predicted octanol–water partition coefficient (Wildman–Crippen LogP) is 4.94. The molecule has 2 aromatic carbocycles. The van der Waals surface area contributed by atoms with E-state index >= 15 is 0 Å². The Hall–Kier alpha value is -2.96. The van der Waals surface area contributed by atoms with Crippen molar-refractivity contribution >= 4 is 35.3 Å². The molecule has 1 amide bonds. The minimum Gasteiger partial charge on any atom is -0.497 e. The van der Waals surface area contributed by atoms with Gasteiger partial charge in [-0.1, -0.05) is 23.2 Å². The number of nitrogens with one attached hydrogen (secondary N) is 1. The van der Waals surface area contributed by atoms with E-state index in [0.717, 1.165) is 11.3 Å². The second-order valence-corrected chi connectivity index (χ2v) is 6.45. The number of carbonyl (C=O) groups is 1. The predicted molar refractivity (Wildman–Crippen MR) is 108 cm³/mol. The van der Waals surface area contributed by atoms with Crippen LogP contribution < -0.4 is 14.9 Å². The van der Waals surface area contributed by atoms with Crippen LogP contribution in [-0.2, 0) is 6.61 Å². The lowest BCUT2D eigenvalue weighted by Gasteiger charge is -2.06. The molecule has 0 unspecified atom stereocenters. The fourth-order valence-electron chi connectivity index (χ4n) is 2.22. The van der Waals surface area contributed by atoms with Crippen LogP contribution in [0.5, 0.6) is 11.5 Å². The van der Waals surface area contributed by atoms with Crippen molar-refractivity contribution in [3.8, 4) is 11.5 Å². The summed E-state index contributed by atoms with van der Waals surface area (Å²) < 4.78 is 16.1. The molecular weight excluding hydrogens is 403 g/mol. The van der Waals surface area contributed by atoms with E-state index in [1.54, 1.807) is 43.5 Å². The molecule has 28 heavy (non-hydrogen) atoms. The Morgan fingerprint density at radius 2 is 1.93 bits per heavy atom. The first-order valence-electron chi connectivity index (χ1n) is 8.19. The summed E-state index contributed by atoms with van der Waals surface area (Å²) in [6, 6.07) is 15.3. The highest BCUT2D eigenvalue weighted by atomic mass is 35.5. The van der Waals surface area contributed by atoms with Crippen LogP contribution in [0.25, 0.3) is 0 Å². The lowest BCUT2D eigenvalue weighted by molar-refractivity contribution is 0.0923. The van der Waals surface area contributed by atoms with E-state index in [1.165, 1.54) is 12.3 Å². The first kappa shape index (κ1) is 19.8. The maximum absolute atomic E-state index is 12.1. The van der Waals surface area contributed by atoms with E-state index in [0.29, 0.717) is 21.6 Å². The van der Waals surface area contributed by atoms with Crippen LogP contribution in [0.3, 0.4) is 0 Å². The SMILES string of the molecule is COc1ccc(/C=N/NC(=O)c2ccc(COc3cc(Cl)ccc3Cl)o2)cc1. The highest BCUT2D eigenvalue weighted by molar-refractivity contribution is 6.34. The summed E-state index contributed by atoms with van der Waals surface area (Å²) in [4.78, 5) is 12.1. The largest absolute Gasteiger partial charge is 0.497 e. The zero-order chi connectivity index (χ0) is 19.9. The molecule has 0 aliphatic carbocycles. The van der Waals surface area contributed by atoms with Crippen LogP contribution in [0.2, 0.25) is 10.0 Å². The van der Waals surface area contributed by atoms with Crippen molar-refractivity contribution in [2.24, 2.45) is 5.10 Å². The second-order valence-electron chi connectivity index (χ2n) is 5.60. The summed E-state index contributed by atoms with van der Waals surface area (Å²) >= 11 is 12.0. The van der Waals surface area contributed by atoms with Crippen LogP contribution in [0.1, 0.15) is 21.9 Å². The van der Waals surface area contributed by atoms with Crippen molar-refractivity contribution in [2.75, 3.05) is 7.11 Å². The number of methoxy groups -OCH3 is 1. The van der Waals surface area contributed by atoms with Gasteiger partial charge >= 0.3 is 5.91 Å². The Morgan fingerprint density at radius 1 is 1.14 bits per heavy atom. The average molecular weight is 419 g/mol. The smallest absolute Gasteiger partial charge is 0.307 e. The molecular formula is C20H16Cl2N2O4. The molecule has 3 rings (SSSR count). The fraction of sp³-hybridized carbons (Fsp3) is 0.100. The molecule has 0 fully saturated rings. The molecule has 8 heteroatoms. The minimum atomic E-state index is -0.475. The van der Waals surface area contributed by atoms with Gasteiger partial charge in [-0.05, 0) is 54.1 Å². The first-order valence-corrected chi connectivity index (χ1v) is 8.95. The van der Waals surface area contributed by atoms with Gasteiger partial charge in [0.15, 0.2) is 5.76 Å². The molecule has 144 valence electrons. The Morgan fingerprint density at radius 3 is 2.68 bits per heavy atom. The summed E-state index contributed by atoms with van der Waals surface area (Å²) in [6.07, 6.45) is 1.52. The lowest BCUT2D eigenvalue weighted by atomic mass is 10.2. The van der Waals surface area contributed by atoms with Gasteiger partial charge in [0.25, 0.3) is 0 Å². The van der Waals surface area contributed by atoms with Crippen molar-refractivity contribution in [1.82, 2.24) is 5.43 Å². The van der Waals surface area contributed by atoms with Crippen LogP contribution in [0, 0.1) is 0 Å². The van der Waals surface area contributed by atoms with Crippen molar-refractivity contribution in [2.45, 2.75) is 6.61 Å².